The van der Waals surface area contributed by atoms with Crippen molar-refractivity contribution in [1.82, 2.24) is 9.97 Å². The number of nitrogens with zero attached hydrogens (tertiary/aromatic N) is 2. The third-order valence-electron chi connectivity index (χ3n) is 3.68. The van der Waals surface area contributed by atoms with Crippen molar-refractivity contribution < 1.29 is 23.1 Å². The van der Waals surface area contributed by atoms with Crippen molar-refractivity contribution in [3.05, 3.63) is 77.8 Å². The highest BCUT2D eigenvalue weighted by Crippen LogP contribution is 2.21. The van der Waals surface area contributed by atoms with Gasteiger partial charge in [0.05, 0.1) is 30.8 Å². The second kappa shape index (κ2) is 8.21. The molecule has 0 fully saturated rings. The first-order valence-corrected chi connectivity index (χ1v) is 8.01. The molecule has 0 atom stereocenters. The van der Waals surface area contributed by atoms with Crippen molar-refractivity contribution in [2.75, 3.05) is 17.7 Å². The number of hydrogen-bond donors (Lipinski definition) is 2. The highest BCUT2D eigenvalue weighted by atomic mass is 19.1. The first-order valence-electron chi connectivity index (χ1n) is 8.01. The monoisotopic (exact) mass is 384 g/mol. The summed E-state index contributed by atoms with van der Waals surface area (Å²) < 4.78 is 32.0. The van der Waals surface area contributed by atoms with E-state index in [2.05, 4.69) is 20.6 Å². The van der Waals surface area contributed by atoms with Crippen LogP contribution >= 0.6 is 0 Å². The fourth-order valence-electron chi connectivity index (χ4n) is 2.32. The fourth-order valence-corrected chi connectivity index (χ4v) is 2.32. The molecular formula is C19H14F2N4O3. The Morgan fingerprint density at radius 2 is 1.68 bits per heavy atom. The molecule has 9 heteroatoms. The molecule has 0 unspecified atom stereocenters. The van der Waals surface area contributed by atoms with E-state index in [1.807, 2.05) is 0 Å². The molecule has 7 nitrogen and oxygen atoms in total. The number of hydrogen-bond acceptors (Lipinski definition) is 6. The number of rotatable bonds is 5. The molecule has 1 amide bonds. The third-order valence-corrected chi connectivity index (χ3v) is 3.68. The molecule has 0 aliphatic carbocycles. The molecular weight excluding hydrogens is 370 g/mol. The molecule has 1 heterocycles. The lowest BCUT2D eigenvalue weighted by Crippen LogP contribution is -2.16. The number of esters is 1. The number of methoxy groups -OCH3 is 1. The summed E-state index contributed by atoms with van der Waals surface area (Å²) in [7, 11) is 1.27. The minimum Gasteiger partial charge on any atom is -0.465 e. The number of ether oxygens (including phenoxy) is 1. The van der Waals surface area contributed by atoms with Crippen LogP contribution in [0.2, 0.25) is 0 Å². The van der Waals surface area contributed by atoms with Gasteiger partial charge in [-0.15, -0.1) is 0 Å². The number of anilines is 3. The van der Waals surface area contributed by atoms with E-state index in [0.717, 1.165) is 18.3 Å². The summed E-state index contributed by atoms with van der Waals surface area (Å²) in [6, 6.07) is 9.85. The van der Waals surface area contributed by atoms with Gasteiger partial charge in [-0.25, -0.2) is 23.5 Å². The zero-order valence-electron chi connectivity index (χ0n) is 14.6. The maximum Gasteiger partial charge on any atom is 0.339 e. The molecule has 28 heavy (non-hydrogen) atoms. The van der Waals surface area contributed by atoms with E-state index in [1.165, 1.54) is 19.4 Å². The van der Waals surface area contributed by atoms with Crippen molar-refractivity contribution in [1.29, 1.82) is 0 Å². The number of carbonyl (C=O) groups excluding carboxylic acids is 2. The quantitative estimate of drug-likeness (QED) is 0.654. The third kappa shape index (κ3) is 4.09. The molecule has 0 bridgehead atoms. The van der Waals surface area contributed by atoms with E-state index in [0.29, 0.717) is 11.3 Å². The van der Waals surface area contributed by atoms with Gasteiger partial charge in [-0.2, -0.15) is 0 Å². The zero-order valence-corrected chi connectivity index (χ0v) is 14.6. The first kappa shape index (κ1) is 18.9. The molecule has 0 aliphatic heterocycles. The SMILES string of the molecule is COC(=O)c1ccccc1Nc1cnc(C(=O)Nc2c(F)cccc2F)cn1. The number of aromatic nitrogens is 2. The Labute approximate surface area is 158 Å². The summed E-state index contributed by atoms with van der Waals surface area (Å²) in [4.78, 5) is 31.9. The maximum absolute atomic E-state index is 13.6. The lowest BCUT2D eigenvalue weighted by Gasteiger charge is -2.10. The molecule has 1 aromatic heterocycles. The average Bonchev–Trinajstić information content (AvgIpc) is 2.71. The molecule has 142 valence electrons. The topological polar surface area (TPSA) is 93.2 Å². The molecule has 0 aliphatic rings. The van der Waals surface area contributed by atoms with Crippen LogP contribution in [0.3, 0.4) is 0 Å². The van der Waals surface area contributed by atoms with Crippen LogP contribution in [-0.2, 0) is 4.74 Å². The minimum atomic E-state index is -0.904. The Hall–Kier alpha value is -3.88. The van der Waals surface area contributed by atoms with Crippen molar-refractivity contribution in [3.63, 3.8) is 0 Å². The van der Waals surface area contributed by atoms with E-state index >= 15 is 0 Å². The summed E-state index contributed by atoms with van der Waals surface area (Å²) in [5, 5.41) is 5.02. The van der Waals surface area contributed by atoms with Crippen molar-refractivity contribution in [2.45, 2.75) is 0 Å². The predicted octanol–water partition coefficient (Wildman–Crippen LogP) is 3.54. The standard InChI is InChI=1S/C19H14F2N4O3/c1-28-19(27)11-5-2-3-8-14(11)24-16-10-22-15(9-23-16)18(26)25-17-12(20)6-4-7-13(17)21/h2-10H,1H3,(H,23,24)(H,25,26). The lowest BCUT2D eigenvalue weighted by atomic mass is 10.2. The largest absolute Gasteiger partial charge is 0.465 e. The van der Waals surface area contributed by atoms with E-state index in [9.17, 15) is 18.4 Å². The summed E-state index contributed by atoms with van der Waals surface area (Å²) in [5.41, 5.74) is 0.0240. The zero-order chi connectivity index (χ0) is 20.1. The molecule has 0 saturated heterocycles. The fraction of sp³-hybridized carbons (Fsp3) is 0.0526. The Morgan fingerprint density at radius 3 is 2.32 bits per heavy atom. The minimum absolute atomic E-state index is 0.144. The molecule has 3 aromatic rings. The summed E-state index contributed by atoms with van der Waals surface area (Å²) >= 11 is 0. The van der Waals surface area contributed by atoms with E-state index in [4.69, 9.17) is 4.74 Å². The second-order valence-corrected chi connectivity index (χ2v) is 5.50. The second-order valence-electron chi connectivity index (χ2n) is 5.50. The molecule has 2 aromatic carbocycles. The van der Waals surface area contributed by atoms with Crippen molar-refractivity contribution >= 4 is 29.1 Å². The van der Waals surface area contributed by atoms with Crippen LogP contribution in [0.1, 0.15) is 20.8 Å². The van der Waals surface area contributed by atoms with Crippen LogP contribution in [0.25, 0.3) is 0 Å². The van der Waals surface area contributed by atoms with Gasteiger partial charge in [-0.3, -0.25) is 4.79 Å². The first-order chi connectivity index (χ1) is 13.5. The highest BCUT2D eigenvalue weighted by molar-refractivity contribution is 6.03. The van der Waals surface area contributed by atoms with Gasteiger partial charge in [0, 0.05) is 0 Å². The molecule has 0 saturated carbocycles. The Kier molecular flexibility index (Phi) is 5.54. The maximum atomic E-state index is 13.6. The average molecular weight is 384 g/mol. The molecule has 2 N–H and O–H groups in total. The van der Waals surface area contributed by atoms with Crippen molar-refractivity contribution in [2.24, 2.45) is 0 Å². The number of benzene rings is 2. The number of halogens is 2. The Morgan fingerprint density at radius 1 is 0.964 bits per heavy atom. The number of carbonyl (C=O) groups is 2. The molecule has 0 radical (unpaired) electrons. The van der Waals surface area contributed by atoms with E-state index in [1.54, 1.807) is 24.3 Å². The summed E-state index contributed by atoms with van der Waals surface area (Å²) in [5.74, 6) is -2.90. The van der Waals surface area contributed by atoms with E-state index < -0.39 is 29.2 Å². The van der Waals surface area contributed by atoms with Gasteiger partial charge in [0.15, 0.2) is 0 Å². The lowest BCUT2D eigenvalue weighted by molar-refractivity contribution is 0.0601. The van der Waals surface area contributed by atoms with Crippen LogP contribution in [-0.4, -0.2) is 29.0 Å². The van der Waals surface area contributed by atoms with Crippen LogP contribution in [0.4, 0.5) is 26.0 Å². The predicted molar refractivity (Wildman–Crippen MR) is 97.4 cm³/mol. The Bertz CT molecular complexity index is 1010. The van der Waals surface area contributed by atoms with Gasteiger partial charge in [0.1, 0.15) is 28.8 Å². The summed E-state index contributed by atoms with van der Waals surface area (Å²) in [6.07, 6.45) is 2.39. The van der Waals surface area contributed by atoms with Gasteiger partial charge in [0.25, 0.3) is 5.91 Å². The highest BCUT2D eigenvalue weighted by Gasteiger charge is 2.15. The Balaban J connectivity index is 1.76. The van der Waals surface area contributed by atoms with Gasteiger partial charge in [-0.05, 0) is 24.3 Å². The number of para-hydroxylation sites is 2. The molecule has 0 spiro atoms. The van der Waals surface area contributed by atoms with Crippen LogP contribution in [0.5, 0.6) is 0 Å². The van der Waals surface area contributed by atoms with Crippen molar-refractivity contribution in [3.8, 4) is 0 Å². The van der Waals surface area contributed by atoms with Gasteiger partial charge in [-0.1, -0.05) is 18.2 Å². The number of amides is 1. The molecule has 3 rings (SSSR count). The van der Waals surface area contributed by atoms with Gasteiger partial charge in [0.2, 0.25) is 0 Å². The smallest absolute Gasteiger partial charge is 0.339 e. The van der Waals surface area contributed by atoms with Gasteiger partial charge < -0.3 is 15.4 Å². The normalized spacial score (nSPS) is 10.2. The summed E-state index contributed by atoms with van der Waals surface area (Å²) in [6.45, 7) is 0. The van der Waals surface area contributed by atoms with Crippen LogP contribution < -0.4 is 10.6 Å². The van der Waals surface area contributed by atoms with Crippen LogP contribution in [0.15, 0.2) is 54.9 Å². The van der Waals surface area contributed by atoms with Crippen LogP contribution in [0, 0.1) is 11.6 Å². The van der Waals surface area contributed by atoms with Gasteiger partial charge >= 0.3 is 5.97 Å². The number of nitrogens with one attached hydrogen (secondary N) is 2. The van der Waals surface area contributed by atoms with E-state index in [-0.39, 0.29) is 11.5 Å².